The Kier molecular flexibility index (Phi) is 5.30. The van der Waals surface area contributed by atoms with Gasteiger partial charge < -0.3 is 15.4 Å². The van der Waals surface area contributed by atoms with Crippen LogP contribution in [0.4, 0.5) is 5.69 Å². The van der Waals surface area contributed by atoms with Crippen LogP contribution in [0.25, 0.3) is 0 Å². The van der Waals surface area contributed by atoms with E-state index in [1.165, 1.54) is 11.8 Å². The van der Waals surface area contributed by atoms with Gasteiger partial charge in [0, 0.05) is 6.42 Å². The molecule has 6 nitrogen and oxygen atoms in total. The van der Waals surface area contributed by atoms with Crippen LogP contribution in [0.5, 0.6) is 5.75 Å². The molecule has 0 aromatic heterocycles. The van der Waals surface area contributed by atoms with Crippen LogP contribution in [-0.2, 0) is 9.59 Å². The van der Waals surface area contributed by atoms with E-state index in [4.69, 9.17) is 4.74 Å². The summed E-state index contributed by atoms with van der Waals surface area (Å²) in [4.78, 5) is 28.6. The van der Waals surface area contributed by atoms with Crippen LogP contribution in [-0.4, -0.2) is 34.9 Å². The van der Waals surface area contributed by atoms with Crippen molar-refractivity contribution in [2.45, 2.75) is 38.0 Å². The van der Waals surface area contributed by atoms with Gasteiger partial charge in [0.05, 0.1) is 18.3 Å². The van der Waals surface area contributed by atoms with Gasteiger partial charge >= 0.3 is 0 Å². The SMILES string of the molecule is COc1ccccc1NC(=O)C[C@H]1SC(=NC(C)(C)C)NC1=O. The van der Waals surface area contributed by atoms with Crippen LogP contribution >= 0.6 is 11.8 Å². The second kappa shape index (κ2) is 7.04. The minimum absolute atomic E-state index is 0.0811. The van der Waals surface area contributed by atoms with E-state index in [0.717, 1.165) is 0 Å². The Hall–Kier alpha value is -2.02. The number of carbonyl (C=O) groups excluding carboxylic acids is 2. The first-order valence-corrected chi connectivity index (χ1v) is 8.17. The highest BCUT2D eigenvalue weighted by molar-refractivity contribution is 8.15. The first-order valence-electron chi connectivity index (χ1n) is 7.29. The Morgan fingerprint density at radius 2 is 2.09 bits per heavy atom. The highest BCUT2D eigenvalue weighted by Gasteiger charge is 2.33. The number of amidine groups is 1. The number of nitrogens with one attached hydrogen (secondary N) is 2. The predicted octanol–water partition coefficient (Wildman–Crippen LogP) is 2.41. The zero-order valence-electron chi connectivity index (χ0n) is 13.7. The Morgan fingerprint density at radius 3 is 2.74 bits per heavy atom. The molecule has 1 atom stereocenters. The molecule has 0 aliphatic carbocycles. The van der Waals surface area contributed by atoms with E-state index in [0.29, 0.717) is 16.6 Å². The zero-order valence-corrected chi connectivity index (χ0v) is 14.5. The third kappa shape index (κ3) is 4.99. The number of para-hydroxylation sites is 2. The number of hydrogen-bond donors (Lipinski definition) is 2. The summed E-state index contributed by atoms with van der Waals surface area (Å²) in [5, 5.41) is 5.60. The van der Waals surface area contributed by atoms with Crippen LogP contribution in [0.2, 0.25) is 0 Å². The molecule has 1 aromatic rings. The van der Waals surface area contributed by atoms with Crippen LogP contribution in [0.3, 0.4) is 0 Å². The molecule has 0 bridgehead atoms. The summed E-state index contributed by atoms with van der Waals surface area (Å²) in [5.41, 5.74) is 0.316. The Morgan fingerprint density at radius 1 is 1.39 bits per heavy atom. The molecule has 0 unspecified atom stereocenters. The lowest BCUT2D eigenvalue weighted by Gasteiger charge is -2.12. The smallest absolute Gasteiger partial charge is 0.240 e. The maximum absolute atomic E-state index is 12.2. The molecule has 1 fully saturated rings. The molecule has 2 N–H and O–H groups in total. The van der Waals surface area contributed by atoms with Crippen LogP contribution in [0.1, 0.15) is 27.2 Å². The largest absolute Gasteiger partial charge is 0.495 e. The quantitative estimate of drug-likeness (QED) is 0.885. The highest BCUT2D eigenvalue weighted by atomic mass is 32.2. The average Bonchev–Trinajstić information content (AvgIpc) is 2.76. The van der Waals surface area contributed by atoms with Crippen molar-refractivity contribution >= 4 is 34.4 Å². The number of carbonyl (C=O) groups is 2. The lowest BCUT2D eigenvalue weighted by molar-refractivity contribution is -0.122. The summed E-state index contributed by atoms with van der Waals surface area (Å²) in [6, 6.07) is 7.15. The summed E-state index contributed by atoms with van der Waals surface area (Å²) in [7, 11) is 1.54. The molecule has 0 radical (unpaired) electrons. The molecule has 1 aromatic carbocycles. The Balaban J connectivity index is 1.98. The minimum Gasteiger partial charge on any atom is -0.495 e. The van der Waals surface area contributed by atoms with E-state index in [9.17, 15) is 9.59 Å². The maximum Gasteiger partial charge on any atom is 0.240 e. The molecule has 124 valence electrons. The van der Waals surface area contributed by atoms with E-state index in [2.05, 4.69) is 15.6 Å². The van der Waals surface area contributed by atoms with E-state index >= 15 is 0 Å². The van der Waals surface area contributed by atoms with E-state index in [-0.39, 0.29) is 23.8 Å². The number of amides is 2. The zero-order chi connectivity index (χ0) is 17.0. The molecule has 2 rings (SSSR count). The van der Waals surface area contributed by atoms with Gasteiger partial charge in [0.15, 0.2) is 5.17 Å². The number of benzene rings is 1. The van der Waals surface area contributed by atoms with Gasteiger partial charge in [-0.05, 0) is 32.9 Å². The molecule has 1 saturated heterocycles. The molecule has 7 heteroatoms. The summed E-state index contributed by atoms with van der Waals surface area (Å²) >= 11 is 1.29. The fourth-order valence-corrected chi connectivity index (χ4v) is 3.17. The van der Waals surface area contributed by atoms with Gasteiger partial charge in [0.2, 0.25) is 11.8 Å². The standard InChI is InChI=1S/C16H21N3O3S/c1-16(2,3)19-15-18-14(21)12(23-15)9-13(20)17-10-7-5-6-8-11(10)22-4/h5-8,12H,9H2,1-4H3,(H,17,20)(H,18,19,21)/t12-/m1/s1. The number of ether oxygens (including phenoxy) is 1. The molecule has 0 spiro atoms. The Labute approximate surface area is 140 Å². The van der Waals surface area contributed by atoms with Crippen LogP contribution in [0, 0.1) is 0 Å². The lowest BCUT2D eigenvalue weighted by atomic mass is 10.1. The summed E-state index contributed by atoms with van der Waals surface area (Å²) in [5.74, 6) is 0.159. The van der Waals surface area contributed by atoms with Crippen LogP contribution < -0.4 is 15.4 Å². The first-order chi connectivity index (χ1) is 10.8. The van der Waals surface area contributed by atoms with E-state index < -0.39 is 5.25 Å². The summed E-state index contributed by atoms with van der Waals surface area (Å²) < 4.78 is 5.19. The van der Waals surface area contributed by atoms with Gasteiger partial charge in [-0.15, -0.1) is 0 Å². The number of anilines is 1. The van der Waals surface area contributed by atoms with Crippen LogP contribution in [0.15, 0.2) is 29.3 Å². The number of aliphatic imine (C=N–C) groups is 1. The molecule has 23 heavy (non-hydrogen) atoms. The normalized spacial score (nSPS) is 19.6. The number of rotatable bonds is 4. The highest BCUT2D eigenvalue weighted by Crippen LogP contribution is 2.27. The van der Waals surface area contributed by atoms with Crippen molar-refractivity contribution in [3.8, 4) is 5.75 Å². The van der Waals surface area contributed by atoms with E-state index in [1.807, 2.05) is 32.9 Å². The maximum atomic E-state index is 12.2. The van der Waals surface area contributed by atoms with Gasteiger partial charge in [0.25, 0.3) is 0 Å². The minimum atomic E-state index is -0.467. The van der Waals surface area contributed by atoms with Crippen molar-refractivity contribution in [3.05, 3.63) is 24.3 Å². The van der Waals surface area contributed by atoms with Gasteiger partial charge in [-0.3, -0.25) is 14.6 Å². The third-order valence-corrected chi connectivity index (χ3v) is 4.05. The molecular weight excluding hydrogens is 314 g/mol. The van der Waals surface area contributed by atoms with Crippen molar-refractivity contribution in [2.75, 3.05) is 12.4 Å². The fourth-order valence-electron chi connectivity index (χ4n) is 2.01. The predicted molar refractivity (Wildman–Crippen MR) is 93.0 cm³/mol. The second-order valence-corrected chi connectivity index (χ2v) is 7.33. The number of methoxy groups -OCH3 is 1. The monoisotopic (exact) mass is 335 g/mol. The molecule has 2 amide bonds. The topological polar surface area (TPSA) is 79.8 Å². The molecule has 0 saturated carbocycles. The van der Waals surface area contributed by atoms with Crippen molar-refractivity contribution in [1.82, 2.24) is 5.32 Å². The lowest BCUT2D eigenvalue weighted by Crippen LogP contribution is -2.29. The van der Waals surface area contributed by atoms with Gasteiger partial charge in [-0.2, -0.15) is 0 Å². The summed E-state index contributed by atoms with van der Waals surface area (Å²) in [6.07, 6.45) is 0.0811. The van der Waals surface area contributed by atoms with Gasteiger partial charge in [0.1, 0.15) is 11.0 Å². The van der Waals surface area contributed by atoms with Crippen molar-refractivity contribution < 1.29 is 14.3 Å². The number of nitrogens with zero attached hydrogens (tertiary/aromatic N) is 1. The van der Waals surface area contributed by atoms with Crippen molar-refractivity contribution in [3.63, 3.8) is 0 Å². The van der Waals surface area contributed by atoms with Gasteiger partial charge in [-0.1, -0.05) is 23.9 Å². The van der Waals surface area contributed by atoms with Crippen molar-refractivity contribution in [1.29, 1.82) is 0 Å². The number of thioether (sulfide) groups is 1. The van der Waals surface area contributed by atoms with Gasteiger partial charge in [-0.25, -0.2) is 0 Å². The second-order valence-electron chi connectivity index (χ2n) is 6.14. The molecular formula is C16H21N3O3S. The average molecular weight is 335 g/mol. The molecule has 1 aliphatic heterocycles. The molecule has 1 aliphatic rings. The van der Waals surface area contributed by atoms with E-state index in [1.54, 1.807) is 19.2 Å². The molecule has 1 heterocycles. The summed E-state index contributed by atoms with van der Waals surface area (Å²) in [6.45, 7) is 5.86. The fraction of sp³-hybridized carbons (Fsp3) is 0.438. The third-order valence-electron chi connectivity index (χ3n) is 2.97. The Bertz CT molecular complexity index is 638. The first kappa shape index (κ1) is 17.3. The number of hydrogen-bond acceptors (Lipinski definition) is 5. The van der Waals surface area contributed by atoms with Crippen molar-refractivity contribution in [2.24, 2.45) is 4.99 Å².